The van der Waals surface area contributed by atoms with E-state index in [0.717, 1.165) is 16.7 Å². The monoisotopic (exact) mass is 314 g/mol. The molecule has 0 atom stereocenters. The van der Waals surface area contributed by atoms with Crippen LogP contribution in [0.4, 0.5) is 0 Å². The average molecular weight is 314 g/mol. The second-order valence-corrected chi connectivity index (χ2v) is 3.71. The van der Waals surface area contributed by atoms with Crippen molar-refractivity contribution >= 4 is 9.03 Å². The number of aliphatic hydroxyl groups is 1. The molecule has 0 aromatic heterocycles. The minimum atomic E-state index is -0.917. The zero-order chi connectivity index (χ0) is 15.4. The van der Waals surface area contributed by atoms with E-state index < -0.39 is 9.03 Å². The molecule has 0 saturated carbocycles. The number of hydrogen-bond donors (Lipinski definition) is 4. The van der Waals surface area contributed by atoms with Crippen molar-refractivity contribution in [2.45, 2.75) is 20.5 Å². The van der Waals surface area contributed by atoms with Gasteiger partial charge in [-0.3, -0.25) is 0 Å². The zero-order valence-electron chi connectivity index (χ0n) is 12.1. The van der Waals surface area contributed by atoms with Crippen LogP contribution in [0.15, 0.2) is 48.5 Å². The molecule has 0 saturated heterocycles. The number of phenols is 1. The van der Waals surface area contributed by atoms with Crippen LogP contribution in [0, 0.1) is 0 Å². The van der Waals surface area contributed by atoms with E-state index in [2.05, 4.69) is 0 Å². The van der Waals surface area contributed by atoms with Crippen molar-refractivity contribution in [2.24, 2.45) is 0 Å². The summed E-state index contributed by atoms with van der Waals surface area (Å²) in [6, 6.07) is 14.7. The molecule has 21 heavy (non-hydrogen) atoms. The number of rotatable bonds is 2. The van der Waals surface area contributed by atoms with Gasteiger partial charge in [0.2, 0.25) is 0 Å². The van der Waals surface area contributed by atoms with E-state index in [1.54, 1.807) is 18.2 Å². The highest BCUT2D eigenvalue weighted by atomic mass is 31.1. The van der Waals surface area contributed by atoms with Crippen molar-refractivity contribution < 1.29 is 25.5 Å². The lowest BCUT2D eigenvalue weighted by Gasteiger charge is -2.04. The molecular formula is C15H23O5P. The van der Waals surface area contributed by atoms with Gasteiger partial charge in [0.1, 0.15) is 14.8 Å². The van der Waals surface area contributed by atoms with Gasteiger partial charge < -0.3 is 25.5 Å². The molecule has 0 unspecified atom stereocenters. The third-order valence-corrected chi connectivity index (χ3v) is 2.29. The highest BCUT2D eigenvalue weighted by Crippen LogP contribution is 2.23. The van der Waals surface area contributed by atoms with Crippen LogP contribution in [0.2, 0.25) is 0 Å². The van der Waals surface area contributed by atoms with Crippen LogP contribution in [0.3, 0.4) is 0 Å². The molecule has 0 aliphatic rings. The van der Waals surface area contributed by atoms with Gasteiger partial charge >= 0.3 is 0 Å². The van der Waals surface area contributed by atoms with E-state index in [9.17, 15) is 5.11 Å². The Kier molecular flexibility index (Phi) is 14.0. The minimum Gasteiger partial charge on any atom is -0.508 e. The molecule has 0 fully saturated rings. The third kappa shape index (κ3) is 8.40. The fourth-order valence-corrected chi connectivity index (χ4v) is 1.53. The molecule has 2 rings (SSSR count). The van der Waals surface area contributed by atoms with Gasteiger partial charge in [-0.05, 0) is 34.9 Å². The van der Waals surface area contributed by atoms with Gasteiger partial charge in [0, 0.05) is 0 Å². The minimum absolute atomic E-state index is 0. The van der Waals surface area contributed by atoms with E-state index in [4.69, 9.17) is 14.9 Å². The van der Waals surface area contributed by atoms with Gasteiger partial charge in [-0.25, -0.2) is 0 Å². The van der Waals surface area contributed by atoms with Gasteiger partial charge in [0.25, 0.3) is 0 Å². The van der Waals surface area contributed by atoms with E-state index in [1.807, 2.05) is 44.2 Å². The molecule has 6 heteroatoms. The fraction of sp³-hybridized carbons (Fsp3) is 0.200. The summed E-state index contributed by atoms with van der Waals surface area (Å²) in [5, 5.41) is 18.4. The highest BCUT2D eigenvalue weighted by molar-refractivity contribution is 7.23. The number of benzene rings is 2. The molecule has 0 spiro atoms. The predicted octanol–water partition coefficient (Wildman–Crippen LogP) is 2.23. The summed E-state index contributed by atoms with van der Waals surface area (Å²) in [5.41, 5.74) is 2.82. The van der Waals surface area contributed by atoms with Crippen molar-refractivity contribution in [3.05, 3.63) is 54.1 Å². The summed E-state index contributed by atoms with van der Waals surface area (Å²) >= 11 is 0. The molecule has 0 amide bonds. The third-order valence-electron chi connectivity index (χ3n) is 2.29. The molecule has 0 aliphatic heterocycles. The lowest BCUT2D eigenvalue weighted by molar-refractivity contribution is 0.282. The molecule has 0 bridgehead atoms. The Bertz CT molecular complexity index is 491. The Hall–Kier alpha value is -1.49. The van der Waals surface area contributed by atoms with Gasteiger partial charge in [-0.2, -0.15) is 0 Å². The molecule has 0 aliphatic carbocycles. The van der Waals surface area contributed by atoms with Crippen molar-refractivity contribution in [3.63, 3.8) is 0 Å². The van der Waals surface area contributed by atoms with E-state index >= 15 is 0 Å². The average Bonchev–Trinajstić information content (AvgIpc) is 2.50. The van der Waals surface area contributed by atoms with E-state index in [-0.39, 0.29) is 17.8 Å². The quantitative estimate of drug-likeness (QED) is 0.637. The van der Waals surface area contributed by atoms with Gasteiger partial charge in [0.05, 0.1) is 6.61 Å². The summed E-state index contributed by atoms with van der Waals surface area (Å²) in [7, 11) is -0.917. The first-order valence-corrected chi connectivity index (χ1v) is 7.13. The van der Waals surface area contributed by atoms with E-state index in [1.165, 1.54) is 0 Å². The van der Waals surface area contributed by atoms with E-state index in [0.29, 0.717) is 0 Å². The second kappa shape index (κ2) is 13.5. The van der Waals surface area contributed by atoms with Crippen molar-refractivity contribution in [3.8, 4) is 16.9 Å². The van der Waals surface area contributed by atoms with Crippen molar-refractivity contribution in [1.82, 2.24) is 0 Å². The van der Waals surface area contributed by atoms with Crippen LogP contribution in [0.5, 0.6) is 5.75 Å². The fourth-order valence-electron chi connectivity index (χ4n) is 1.53. The lowest BCUT2D eigenvalue weighted by atomic mass is 10.0. The first-order chi connectivity index (χ1) is 9.71. The molecule has 0 heterocycles. The maximum Gasteiger partial charge on any atom is 0.149 e. The topological polar surface area (TPSA) is 112 Å². The Morgan fingerprint density at radius 2 is 1.38 bits per heavy atom. The lowest BCUT2D eigenvalue weighted by Crippen LogP contribution is -1.84. The normalized spacial score (nSPS) is 8.43. The Balaban J connectivity index is 0. The standard InChI is InChI=1S/C13H12O2.C2H6.H3O2P.H2O/c14-9-10-3-1-4-11(7-10)12-5-2-6-13(15)8-12;1-2;1-3-2;/h1-8,14-15H,9H2;1-2H3;1-3H;1H2. The summed E-state index contributed by atoms with van der Waals surface area (Å²) in [6.45, 7) is 4.03. The van der Waals surface area contributed by atoms with Crippen LogP contribution >= 0.6 is 9.03 Å². The van der Waals surface area contributed by atoms with Gasteiger partial charge in [-0.15, -0.1) is 0 Å². The van der Waals surface area contributed by atoms with Crippen LogP contribution < -0.4 is 0 Å². The van der Waals surface area contributed by atoms with Crippen LogP contribution in [0.25, 0.3) is 11.1 Å². The summed E-state index contributed by atoms with van der Waals surface area (Å²) in [4.78, 5) is 14.3. The molecular weight excluding hydrogens is 291 g/mol. The number of aliphatic hydroxyl groups excluding tert-OH is 1. The predicted molar refractivity (Wildman–Crippen MR) is 87.2 cm³/mol. The molecule has 118 valence electrons. The highest BCUT2D eigenvalue weighted by Gasteiger charge is 1.99. The molecule has 2 aromatic carbocycles. The first kappa shape index (κ1) is 21.8. The first-order valence-electron chi connectivity index (χ1n) is 6.23. The SMILES string of the molecule is CC.O.OCc1cccc(-c2cccc(O)c2)c1.OPO. The zero-order valence-corrected chi connectivity index (χ0v) is 13.1. The van der Waals surface area contributed by atoms with Gasteiger partial charge in [0.15, 0.2) is 0 Å². The van der Waals surface area contributed by atoms with Crippen molar-refractivity contribution in [1.29, 1.82) is 0 Å². The van der Waals surface area contributed by atoms with Crippen LogP contribution in [0.1, 0.15) is 19.4 Å². The number of phenolic OH excluding ortho intramolecular Hbond substituents is 1. The Morgan fingerprint density at radius 1 is 0.905 bits per heavy atom. The molecule has 6 N–H and O–H groups in total. The largest absolute Gasteiger partial charge is 0.508 e. The summed E-state index contributed by atoms with van der Waals surface area (Å²) in [5.74, 6) is 0.252. The second-order valence-electron chi connectivity index (χ2n) is 3.51. The Labute approximate surface area is 126 Å². The molecule has 2 aromatic rings. The number of aromatic hydroxyl groups is 1. The van der Waals surface area contributed by atoms with Gasteiger partial charge in [-0.1, -0.05) is 44.2 Å². The van der Waals surface area contributed by atoms with Crippen molar-refractivity contribution in [2.75, 3.05) is 0 Å². The maximum absolute atomic E-state index is 9.35. The molecule has 5 nitrogen and oxygen atoms in total. The number of hydrogen-bond acceptors (Lipinski definition) is 4. The summed E-state index contributed by atoms with van der Waals surface area (Å²) in [6.07, 6.45) is 0. The maximum atomic E-state index is 9.35. The molecule has 0 radical (unpaired) electrons. The smallest absolute Gasteiger partial charge is 0.149 e. The summed E-state index contributed by atoms with van der Waals surface area (Å²) < 4.78 is 0. The Morgan fingerprint density at radius 3 is 1.86 bits per heavy atom. The van der Waals surface area contributed by atoms with Crippen LogP contribution in [-0.2, 0) is 6.61 Å². The van der Waals surface area contributed by atoms with Crippen LogP contribution in [-0.4, -0.2) is 25.5 Å².